The van der Waals surface area contributed by atoms with Crippen molar-refractivity contribution in [2.75, 3.05) is 27.3 Å². The average molecular weight is 1470 g/mol. The van der Waals surface area contributed by atoms with E-state index in [1.165, 1.54) is 21.1 Å². The lowest BCUT2D eigenvalue weighted by atomic mass is 9.93. The molecule has 7 heterocycles. The quantitative estimate of drug-likeness (QED) is 0.0173. The molecule has 2 atom stereocenters. The van der Waals surface area contributed by atoms with Gasteiger partial charge in [0.1, 0.15) is 46.2 Å². The van der Waals surface area contributed by atoms with E-state index in [0.717, 1.165) is 27.8 Å². The van der Waals surface area contributed by atoms with Crippen molar-refractivity contribution >= 4 is 123 Å². The van der Waals surface area contributed by atoms with Crippen LogP contribution in [0, 0.1) is 62.8 Å². The molecule has 5 amide bonds. The highest BCUT2D eigenvalue weighted by atomic mass is 16.6. The van der Waals surface area contributed by atoms with Crippen molar-refractivity contribution in [1.29, 1.82) is 0 Å². The number of piperidine rings is 1. The Balaban J connectivity index is 0.000000146. The number of furan rings is 2. The zero-order chi connectivity index (χ0) is 78.9. The van der Waals surface area contributed by atoms with Gasteiger partial charge in [-0.2, -0.15) is 30.3 Å². The number of nitro groups is 1. The lowest BCUT2D eigenvalue weighted by Crippen LogP contribution is -2.45. The van der Waals surface area contributed by atoms with Gasteiger partial charge in [0.15, 0.2) is 5.78 Å². The minimum Gasteiger partial charge on any atom is -0.478 e. The maximum Gasteiger partial charge on any atom is 0.335 e. The molecule has 0 radical (unpaired) electrons. The summed E-state index contributed by atoms with van der Waals surface area (Å²) < 4.78 is 16.9. The van der Waals surface area contributed by atoms with Gasteiger partial charge in [0.25, 0.3) is 29.9 Å². The molecule has 5 aromatic carbocycles. The van der Waals surface area contributed by atoms with Gasteiger partial charge in [0, 0.05) is 11.6 Å². The maximum absolute atomic E-state index is 12.8. The molecule has 550 valence electrons. The summed E-state index contributed by atoms with van der Waals surface area (Å²) in [4.78, 5) is 122. The summed E-state index contributed by atoms with van der Waals surface area (Å²) in [5.41, 5.74) is 19.8. The number of hydrazone groups is 3. The van der Waals surface area contributed by atoms with Crippen molar-refractivity contribution in [1.82, 2.24) is 10.3 Å². The van der Waals surface area contributed by atoms with Gasteiger partial charge < -0.3 is 24.4 Å². The van der Waals surface area contributed by atoms with Crippen LogP contribution >= 0.6 is 0 Å². The number of ether oxygens (including phenoxy) is 1. The number of amides is 5. The highest BCUT2D eigenvalue weighted by Crippen LogP contribution is 2.47. The number of aryl methyl sites for hydroxylation is 3. The summed E-state index contributed by atoms with van der Waals surface area (Å²) in [6, 6.07) is 43.1. The number of aromatic nitrogens is 1. The fraction of sp³-hybridized carbons (Fsp3) is 0.169. The van der Waals surface area contributed by atoms with Crippen LogP contribution in [-0.2, 0) is 33.6 Å². The van der Waals surface area contributed by atoms with Gasteiger partial charge in [-0.3, -0.25) is 59.0 Å². The fourth-order valence-corrected chi connectivity index (χ4v) is 12.5. The van der Waals surface area contributed by atoms with Crippen molar-refractivity contribution in [2.24, 2.45) is 32.1 Å². The number of fused-ring (bicyclic) bond motifs is 1. The Morgan fingerprint density at radius 2 is 1.29 bits per heavy atom. The van der Waals surface area contributed by atoms with E-state index in [9.17, 15) is 53.6 Å². The van der Waals surface area contributed by atoms with Crippen molar-refractivity contribution in [2.45, 2.75) is 75.2 Å². The molecule has 3 aromatic heterocycles. The Morgan fingerprint density at radius 1 is 0.700 bits per heavy atom. The predicted molar refractivity (Wildman–Crippen MR) is 416 cm³/mol. The largest absolute Gasteiger partial charge is 0.478 e. The van der Waals surface area contributed by atoms with Crippen LogP contribution in [-0.4, -0.2) is 92.2 Å². The van der Waals surface area contributed by atoms with Crippen LogP contribution in [0.3, 0.4) is 0 Å². The maximum atomic E-state index is 12.8. The molecule has 1 fully saturated rings. The Kier molecular flexibility index (Phi) is 22.7. The molecule has 0 spiro atoms. The number of nitrogens with two attached hydrogens (primary N) is 1. The van der Waals surface area contributed by atoms with Crippen LogP contribution < -0.4 is 30.8 Å². The first kappa shape index (κ1) is 76.4. The molecule has 2 unspecified atom stereocenters. The SMILES string of the molecule is CC1=CCC(CN=C2C(=O)N(c3ccccc3)N=C2C)C([N+](=O)[O-])=C1.CC1=NN(c2ccc(C)c(C)c2)C(=O)/C1=C/C1C(=O)CC(=O)NC1=O.CC1=NN(c2ccccc2)C(=O)/C1=C/c1ccc(-c2ccc(C)c(C(=O)O)c2)o1.[C-]#[N+]C1=C(C)/C(=C\c2ccc(-c3ccccc3OC=O)o2)c2c1nc(N)c([N+]#[C-])c2C. The number of nitrogens with zero attached hydrogens (tertiary/aromatic N) is 11. The normalized spacial score (nSPS) is 17.9. The van der Waals surface area contributed by atoms with E-state index < -0.39 is 35.4 Å². The summed E-state index contributed by atoms with van der Waals surface area (Å²) in [7, 11) is 0. The molecular weight excluding hydrogens is 1400 g/mol. The Morgan fingerprint density at radius 3 is 1.92 bits per heavy atom. The summed E-state index contributed by atoms with van der Waals surface area (Å²) in [6.07, 6.45) is 8.46. The molecule has 110 heavy (non-hydrogen) atoms. The number of carboxylic acid groups (broad SMARTS) is 1. The number of carbonyl (C=O) groups is 8. The van der Waals surface area contributed by atoms with Gasteiger partial charge in [0.05, 0.1) is 99.1 Å². The van der Waals surface area contributed by atoms with Gasteiger partial charge in [-0.05, 0) is 210 Å². The molecule has 2 aliphatic carbocycles. The molecule has 0 saturated carbocycles. The van der Waals surface area contributed by atoms with Crippen molar-refractivity contribution in [3.8, 4) is 28.4 Å². The number of rotatable bonds is 14. The number of aliphatic imine (C=N–C) groups is 1. The molecule has 14 rings (SSSR count). The first-order chi connectivity index (χ1) is 52.7. The third-order valence-corrected chi connectivity index (χ3v) is 18.4. The monoisotopic (exact) mass is 1470 g/mol. The van der Waals surface area contributed by atoms with Crippen LogP contribution in [0.15, 0.2) is 221 Å². The van der Waals surface area contributed by atoms with Crippen molar-refractivity contribution < 1.29 is 62.0 Å². The lowest BCUT2D eigenvalue weighted by Gasteiger charge is -2.17. The molecular formula is C83H69N13O14. The first-order valence-electron chi connectivity index (χ1n) is 34.2. The van der Waals surface area contributed by atoms with E-state index in [1.807, 2.05) is 113 Å². The highest BCUT2D eigenvalue weighted by Gasteiger charge is 2.38. The minimum absolute atomic E-state index is 0.119. The number of aromatic carboxylic acids is 1. The average Bonchev–Trinajstić information content (AvgIpc) is 1.59. The van der Waals surface area contributed by atoms with Crippen LogP contribution in [0.2, 0.25) is 0 Å². The number of Topliss-reactive ketones (excluding diaryl/α,β-unsaturated/α-hetero) is 1. The number of pyridine rings is 1. The number of imide groups is 1. The number of carboxylic acids is 1. The Bertz CT molecular complexity index is 5610. The second kappa shape index (κ2) is 32.7. The summed E-state index contributed by atoms with van der Waals surface area (Å²) in [5, 5.41) is 39.4. The smallest absolute Gasteiger partial charge is 0.335 e. The van der Waals surface area contributed by atoms with Gasteiger partial charge in [-0.25, -0.2) is 14.5 Å². The molecule has 4 aliphatic heterocycles. The van der Waals surface area contributed by atoms with Gasteiger partial charge >= 0.3 is 5.97 Å². The molecule has 27 heteroatoms. The van der Waals surface area contributed by atoms with Crippen molar-refractivity contribution in [3.05, 3.63) is 275 Å². The van der Waals surface area contributed by atoms with Gasteiger partial charge in [0.2, 0.25) is 23.2 Å². The number of para-hydroxylation sites is 3. The zero-order valence-electron chi connectivity index (χ0n) is 60.8. The zero-order valence-corrected chi connectivity index (χ0v) is 60.8. The lowest BCUT2D eigenvalue weighted by molar-refractivity contribution is -0.433. The van der Waals surface area contributed by atoms with Crippen LogP contribution in [0.5, 0.6) is 5.75 Å². The molecule has 1 saturated heterocycles. The van der Waals surface area contributed by atoms with E-state index in [2.05, 4.69) is 40.3 Å². The third kappa shape index (κ3) is 16.2. The van der Waals surface area contributed by atoms with E-state index in [4.69, 9.17) is 32.4 Å². The highest BCUT2D eigenvalue weighted by molar-refractivity contribution is 6.71. The van der Waals surface area contributed by atoms with Gasteiger partial charge in [-0.1, -0.05) is 72.8 Å². The van der Waals surface area contributed by atoms with E-state index in [0.29, 0.717) is 121 Å². The Labute approximate surface area is 630 Å². The molecule has 0 bridgehead atoms. The molecule has 27 nitrogen and oxygen atoms in total. The topological polar surface area (TPSA) is 354 Å². The number of hydrogen-bond acceptors (Lipinski definition) is 19. The van der Waals surface area contributed by atoms with Crippen molar-refractivity contribution in [3.63, 3.8) is 0 Å². The summed E-state index contributed by atoms with van der Waals surface area (Å²) in [6.45, 7) is 31.8. The standard InChI is InChI=1S/C24H16N4O3.C23H18N2O4.C18H18N4O3.C18H17N3O4/c1-13-17(20-14(2)22(27-4)24(25)28-23(20)21(13)26-3)11-15-9-10-19(31-15)16-7-5-6-8-18(16)30-12-29;1-14-8-9-16(12-19(14)23(27)28)21-11-10-18(29-21)13-20-15(2)24-25(22(20)26)17-6-4-3-5-7-17;1-12-8-9-14(16(10-12)22(24)25)11-19-17-13(2)20-21(18(17)23)15-6-4-3-5-7-15;1-9-4-5-12(6-10(9)2)21-18(25)13(11(3)20-21)7-14-15(22)8-16(23)19-17(14)24/h5-12H,1-2H3,(H2,25,28);3-13H,1-2H3,(H,27,28);3-8,10,14H,9,11H2,1-2H3;4-7,14H,8H2,1-3H3,(H,19,23,24)/b17-11+;20-13+;;13-7+. The second-order valence-corrected chi connectivity index (χ2v) is 25.8. The predicted octanol–water partition coefficient (Wildman–Crippen LogP) is 14.4. The number of hydrogen-bond donors (Lipinski definition) is 3. The minimum atomic E-state index is -1.15. The van der Waals surface area contributed by atoms with Crippen LogP contribution in [0.4, 0.5) is 28.6 Å². The number of anilines is 4. The number of nitrogen functional groups attached to an aromatic ring is 1. The molecule has 8 aromatic rings. The number of carbonyl (C=O) groups excluding carboxylic acids is 7. The van der Waals surface area contributed by atoms with E-state index in [-0.39, 0.29) is 69.7 Å². The Hall–Kier alpha value is -14.7. The third-order valence-electron chi connectivity index (χ3n) is 18.4. The summed E-state index contributed by atoms with van der Waals surface area (Å²) in [5.74, 6) is -2.66. The number of nitrogens with one attached hydrogen (secondary N) is 1. The number of allylic oxidation sites excluding steroid dienone is 5. The molecule has 6 aliphatic rings. The number of benzene rings is 5. The van der Waals surface area contributed by atoms with Gasteiger partial charge in [-0.15, -0.1) is 0 Å². The fourth-order valence-electron chi connectivity index (χ4n) is 12.5. The van der Waals surface area contributed by atoms with E-state index in [1.54, 1.807) is 120 Å². The van der Waals surface area contributed by atoms with E-state index >= 15 is 0 Å². The molecule has 4 N–H and O–H groups in total. The second-order valence-electron chi connectivity index (χ2n) is 25.8. The summed E-state index contributed by atoms with van der Waals surface area (Å²) >= 11 is 0. The number of ketones is 1. The van der Waals surface area contributed by atoms with Crippen LogP contribution in [0.1, 0.15) is 103 Å². The first-order valence-corrected chi connectivity index (χ1v) is 34.2. The van der Waals surface area contributed by atoms with Crippen LogP contribution in [0.25, 0.3) is 55.8 Å².